The molecule has 0 aliphatic carbocycles. The van der Waals surface area contributed by atoms with Crippen molar-refractivity contribution in [2.24, 2.45) is 5.73 Å². The Morgan fingerprint density at radius 3 is 2.86 bits per heavy atom. The Balaban J connectivity index is 2.34. The van der Waals surface area contributed by atoms with Crippen molar-refractivity contribution >= 4 is 11.8 Å². The number of nitrogens with zero attached hydrogens (tertiary/aromatic N) is 1. The summed E-state index contributed by atoms with van der Waals surface area (Å²) in [5, 5.41) is 0. The highest BCUT2D eigenvalue weighted by atomic mass is 32.2. The Hall–Kier alpha value is 0.230. The van der Waals surface area contributed by atoms with Crippen molar-refractivity contribution in [3.63, 3.8) is 0 Å². The van der Waals surface area contributed by atoms with Crippen LogP contribution >= 0.6 is 11.8 Å². The summed E-state index contributed by atoms with van der Waals surface area (Å²) >= 11 is 1.88. The van der Waals surface area contributed by atoms with Gasteiger partial charge in [0, 0.05) is 24.9 Å². The summed E-state index contributed by atoms with van der Waals surface area (Å²) in [6, 6.07) is 0.589. The van der Waals surface area contributed by atoms with Gasteiger partial charge >= 0.3 is 0 Å². The average molecular weight is 218 g/mol. The smallest absolute Gasteiger partial charge is 0.0659 e. The fourth-order valence-corrected chi connectivity index (χ4v) is 2.51. The van der Waals surface area contributed by atoms with Crippen LogP contribution in [0.2, 0.25) is 0 Å². The van der Waals surface area contributed by atoms with E-state index in [1.165, 1.54) is 0 Å². The van der Waals surface area contributed by atoms with Crippen LogP contribution in [0.1, 0.15) is 13.3 Å². The maximum Gasteiger partial charge on any atom is 0.0659 e. The van der Waals surface area contributed by atoms with Crippen LogP contribution in [0.4, 0.5) is 0 Å². The predicted molar refractivity (Wildman–Crippen MR) is 62.8 cm³/mol. The molecular formula is C10H22N2OS. The molecule has 0 spiro atoms. The number of likely N-dealkylation sites (N-methyl/N-ethyl adjacent to an activating group) is 1. The molecule has 1 aliphatic heterocycles. The molecule has 2 N–H and O–H groups in total. The number of hydrogen-bond donors (Lipinski definition) is 1. The Bertz CT molecular complexity index is 172. The minimum Gasteiger partial charge on any atom is -0.379 e. The molecule has 1 fully saturated rings. The third-order valence-corrected chi connectivity index (χ3v) is 3.67. The van der Waals surface area contributed by atoms with Gasteiger partial charge in [0.2, 0.25) is 0 Å². The minimum atomic E-state index is -0.110. The molecule has 0 radical (unpaired) electrons. The van der Waals surface area contributed by atoms with Gasteiger partial charge in [-0.15, -0.1) is 0 Å². The molecule has 0 aromatic carbocycles. The zero-order valence-corrected chi connectivity index (χ0v) is 10.3. The van der Waals surface area contributed by atoms with E-state index in [2.05, 4.69) is 25.1 Å². The molecule has 1 heterocycles. The summed E-state index contributed by atoms with van der Waals surface area (Å²) in [5.41, 5.74) is 6.11. The Morgan fingerprint density at radius 1 is 1.64 bits per heavy atom. The van der Waals surface area contributed by atoms with E-state index in [4.69, 9.17) is 10.5 Å². The third kappa shape index (κ3) is 3.42. The molecule has 0 amide bonds. The van der Waals surface area contributed by atoms with Gasteiger partial charge in [-0.1, -0.05) is 0 Å². The Morgan fingerprint density at radius 2 is 2.36 bits per heavy atom. The Labute approximate surface area is 91.4 Å². The van der Waals surface area contributed by atoms with Crippen LogP contribution in [0, 0.1) is 0 Å². The van der Waals surface area contributed by atoms with Gasteiger partial charge in [-0.25, -0.2) is 0 Å². The van der Waals surface area contributed by atoms with E-state index in [0.29, 0.717) is 12.6 Å². The van der Waals surface area contributed by atoms with Gasteiger partial charge in [0.25, 0.3) is 0 Å². The molecule has 1 aliphatic rings. The first kappa shape index (κ1) is 12.3. The van der Waals surface area contributed by atoms with Gasteiger partial charge in [0.1, 0.15) is 0 Å². The van der Waals surface area contributed by atoms with Gasteiger partial charge in [-0.05, 0) is 26.6 Å². The van der Waals surface area contributed by atoms with Crippen LogP contribution in [0.25, 0.3) is 0 Å². The molecule has 1 rings (SSSR count). The van der Waals surface area contributed by atoms with Crippen LogP contribution in [0.5, 0.6) is 0 Å². The summed E-state index contributed by atoms with van der Waals surface area (Å²) in [5.74, 6) is 1.16. The van der Waals surface area contributed by atoms with Gasteiger partial charge in [0.05, 0.1) is 12.1 Å². The summed E-state index contributed by atoms with van der Waals surface area (Å²) in [7, 11) is 2.15. The van der Waals surface area contributed by atoms with Gasteiger partial charge < -0.3 is 15.4 Å². The van der Waals surface area contributed by atoms with Crippen LogP contribution in [-0.2, 0) is 4.74 Å². The average Bonchev–Trinajstić information content (AvgIpc) is 2.52. The van der Waals surface area contributed by atoms with Crippen molar-refractivity contribution in [3.05, 3.63) is 0 Å². The summed E-state index contributed by atoms with van der Waals surface area (Å²) in [6.45, 7) is 4.72. The van der Waals surface area contributed by atoms with E-state index >= 15 is 0 Å². The second-order valence-corrected chi connectivity index (χ2v) is 5.30. The summed E-state index contributed by atoms with van der Waals surface area (Å²) in [4.78, 5) is 2.34. The summed E-state index contributed by atoms with van der Waals surface area (Å²) < 4.78 is 5.34. The lowest BCUT2D eigenvalue weighted by Crippen LogP contribution is -2.52. The molecule has 4 heteroatoms. The molecule has 0 aromatic heterocycles. The van der Waals surface area contributed by atoms with Crippen LogP contribution in [0.15, 0.2) is 0 Å². The topological polar surface area (TPSA) is 38.5 Å². The highest BCUT2D eigenvalue weighted by molar-refractivity contribution is 7.98. The van der Waals surface area contributed by atoms with Crippen molar-refractivity contribution in [2.45, 2.75) is 24.9 Å². The maximum absolute atomic E-state index is 6.22. The van der Waals surface area contributed by atoms with Crippen molar-refractivity contribution < 1.29 is 4.74 Å². The lowest BCUT2D eigenvalue weighted by Gasteiger charge is -2.32. The normalized spacial score (nSPS) is 29.8. The van der Waals surface area contributed by atoms with E-state index in [-0.39, 0.29) is 5.54 Å². The lowest BCUT2D eigenvalue weighted by atomic mass is 9.99. The van der Waals surface area contributed by atoms with E-state index in [9.17, 15) is 0 Å². The molecule has 3 nitrogen and oxygen atoms in total. The maximum atomic E-state index is 6.22. The summed E-state index contributed by atoms with van der Waals surface area (Å²) in [6.07, 6.45) is 3.13. The van der Waals surface area contributed by atoms with Crippen LogP contribution in [-0.4, -0.2) is 55.3 Å². The molecule has 0 saturated carbocycles. The highest BCUT2D eigenvalue weighted by Crippen LogP contribution is 2.17. The van der Waals surface area contributed by atoms with Crippen LogP contribution in [0.3, 0.4) is 0 Å². The largest absolute Gasteiger partial charge is 0.379 e. The fraction of sp³-hybridized carbons (Fsp3) is 1.00. The second kappa shape index (κ2) is 5.35. The first-order valence-corrected chi connectivity index (χ1v) is 6.52. The minimum absolute atomic E-state index is 0.110. The van der Waals surface area contributed by atoms with E-state index in [0.717, 1.165) is 25.3 Å². The van der Waals surface area contributed by atoms with E-state index in [1.807, 2.05) is 11.8 Å². The van der Waals surface area contributed by atoms with Crippen molar-refractivity contribution in [3.8, 4) is 0 Å². The monoisotopic (exact) mass is 218 g/mol. The van der Waals surface area contributed by atoms with Gasteiger partial charge in [0.15, 0.2) is 0 Å². The molecular weight excluding hydrogens is 196 g/mol. The predicted octanol–water partition coefficient (Wildman–Crippen LogP) is 0.788. The van der Waals surface area contributed by atoms with Crippen LogP contribution < -0.4 is 5.73 Å². The van der Waals surface area contributed by atoms with Gasteiger partial charge in [-0.3, -0.25) is 0 Å². The number of rotatable bonds is 5. The molecule has 84 valence electrons. The number of thioether (sulfide) groups is 1. The first-order valence-electron chi connectivity index (χ1n) is 5.13. The molecule has 0 bridgehead atoms. The van der Waals surface area contributed by atoms with Crippen molar-refractivity contribution in [2.75, 3.05) is 38.8 Å². The van der Waals surface area contributed by atoms with Gasteiger partial charge in [-0.2, -0.15) is 11.8 Å². The second-order valence-electron chi connectivity index (χ2n) is 4.38. The number of ether oxygens (including phenoxy) is 1. The SMILES string of the molecule is CSCC(C)N(C)CC1(N)CCOC1. The molecule has 14 heavy (non-hydrogen) atoms. The lowest BCUT2D eigenvalue weighted by molar-refractivity contribution is 0.153. The zero-order chi connectivity index (χ0) is 10.6. The molecule has 1 saturated heterocycles. The van der Waals surface area contributed by atoms with E-state index < -0.39 is 0 Å². The first-order chi connectivity index (χ1) is 6.57. The molecule has 2 atom stereocenters. The standard InChI is InChI=1S/C10H22N2OS/c1-9(6-14-3)12(2)7-10(11)4-5-13-8-10/h9H,4-8,11H2,1-3H3. The zero-order valence-electron chi connectivity index (χ0n) is 9.45. The fourth-order valence-electron chi connectivity index (χ4n) is 1.77. The number of hydrogen-bond acceptors (Lipinski definition) is 4. The molecule has 2 unspecified atom stereocenters. The Kier molecular flexibility index (Phi) is 4.70. The van der Waals surface area contributed by atoms with Crippen molar-refractivity contribution in [1.82, 2.24) is 4.90 Å². The van der Waals surface area contributed by atoms with E-state index in [1.54, 1.807) is 0 Å². The highest BCUT2D eigenvalue weighted by Gasteiger charge is 2.32. The quantitative estimate of drug-likeness (QED) is 0.740. The van der Waals surface area contributed by atoms with Crippen molar-refractivity contribution in [1.29, 1.82) is 0 Å². The third-order valence-electron chi connectivity index (χ3n) is 2.86. The number of nitrogens with two attached hydrogens (primary N) is 1. The molecule has 0 aromatic rings.